The van der Waals surface area contributed by atoms with E-state index in [0.29, 0.717) is 12.1 Å². The van der Waals surface area contributed by atoms with Crippen molar-refractivity contribution in [2.75, 3.05) is 0 Å². The first kappa shape index (κ1) is 31.5. The minimum Gasteiger partial charge on any atom is -0.365 e. The molecule has 0 N–H and O–H groups in total. The molecule has 4 aromatic rings. The van der Waals surface area contributed by atoms with Crippen LogP contribution in [0.1, 0.15) is 72.2 Å². The van der Waals surface area contributed by atoms with E-state index < -0.39 is 53.1 Å². The van der Waals surface area contributed by atoms with Crippen molar-refractivity contribution in [3.63, 3.8) is 0 Å². The van der Waals surface area contributed by atoms with Crippen LogP contribution in [0.25, 0.3) is 11.4 Å². The number of ketones is 1. The summed E-state index contributed by atoms with van der Waals surface area (Å²) in [5, 5.41) is 11.5. The SMILES string of the molecule is CC(OC(C)(C)C)c1onc(-c2nnn(Cc3cc(C(F)(F)F)cc(C(F)(F)F)c3)c2Cl)c1C(=O)c1ccccc1Cl. The van der Waals surface area contributed by atoms with Gasteiger partial charge in [0.1, 0.15) is 11.8 Å². The lowest BCUT2D eigenvalue weighted by Gasteiger charge is -2.24. The van der Waals surface area contributed by atoms with Gasteiger partial charge in [0.25, 0.3) is 0 Å². The van der Waals surface area contributed by atoms with E-state index in [1.807, 2.05) is 0 Å². The molecule has 42 heavy (non-hydrogen) atoms. The largest absolute Gasteiger partial charge is 0.416 e. The molecule has 0 amide bonds. The fraction of sp³-hybridized carbons (Fsp3) is 0.333. The summed E-state index contributed by atoms with van der Waals surface area (Å²) in [5.41, 5.74) is -4.42. The fourth-order valence-corrected chi connectivity index (χ4v) is 4.60. The summed E-state index contributed by atoms with van der Waals surface area (Å²) in [6.07, 6.45) is -10.9. The first-order chi connectivity index (χ1) is 19.4. The Hall–Kier alpha value is -3.42. The third kappa shape index (κ3) is 6.79. The average Bonchev–Trinajstić information content (AvgIpc) is 3.45. The molecule has 0 spiro atoms. The Bertz CT molecular complexity index is 1590. The monoisotopic (exact) mass is 634 g/mol. The fourth-order valence-electron chi connectivity index (χ4n) is 4.16. The van der Waals surface area contributed by atoms with E-state index >= 15 is 0 Å². The summed E-state index contributed by atoms with van der Waals surface area (Å²) in [7, 11) is 0. The third-order valence-electron chi connectivity index (χ3n) is 5.84. The molecule has 4 rings (SSSR count). The number of ether oxygens (including phenoxy) is 1. The minimum absolute atomic E-state index is 0.0161. The van der Waals surface area contributed by atoms with Gasteiger partial charge in [-0.15, -0.1) is 5.10 Å². The van der Waals surface area contributed by atoms with Gasteiger partial charge in [-0.25, -0.2) is 4.68 Å². The molecule has 1 unspecified atom stereocenters. The quantitative estimate of drug-likeness (QED) is 0.150. The van der Waals surface area contributed by atoms with E-state index in [0.717, 1.165) is 4.68 Å². The smallest absolute Gasteiger partial charge is 0.365 e. The van der Waals surface area contributed by atoms with Crippen molar-refractivity contribution in [2.45, 2.75) is 58.3 Å². The van der Waals surface area contributed by atoms with Crippen LogP contribution in [0.15, 0.2) is 47.0 Å². The second-order valence-electron chi connectivity index (χ2n) is 10.3. The Labute approximate surface area is 245 Å². The molecule has 0 aliphatic rings. The van der Waals surface area contributed by atoms with Crippen LogP contribution in [0.3, 0.4) is 0 Å². The number of hydrogen-bond donors (Lipinski definition) is 0. The van der Waals surface area contributed by atoms with Crippen LogP contribution >= 0.6 is 23.2 Å². The Balaban J connectivity index is 1.81. The Kier molecular flexibility index (Phi) is 8.51. The van der Waals surface area contributed by atoms with Gasteiger partial charge in [-0.2, -0.15) is 26.3 Å². The second kappa shape index (κ2) is 11.3. The maximum absolute atomic E-state index is 13.7. The molecule has 224 valence electrons. The molecule has 0 aliphatic carbocycles. The van der Waals surface area contributed by atoms with E-state index in [-0.39, 0.29) is 44.5 Å². The first-order valence-corrected chi connectivity index (χ1v) is 13.0. The molecule has 15 heteroatoms. The Morgan fingerprint density at radius 1 is 0.976 bits per heavy atom. The minimum atomic E-state index is -5.04. The first-order valence-electron chi connectivity index (χ1n) is 12.2. The number of nitrogens with zero attached hydrogens (tertiary/aromatic N) is 4. The van der Waals surface area contributed by atoms with Crippen LogP contribution in [-0.2, 0) is 23.6 Å². The van der Waals surface area contributed by atoms with E-state index in [1.54, 1.807) is 39.8 Å². The van der Waals surface area contributed by atoms with Crippen LogP contribution < -0.4 is 0 Å². The molecule has 0 saturated carbocycles. The van der Waals surface area contributed by atoms with Gasteiger partial charge < -0.3 is 9.26 Å². The van der Waals surface area contributed by atoms with Crippen LogP contribution in [0.4, 0.5) is 26.3 Å². The molecule has 7 nitrogen and oxygen atoms in total. The van der Waals surface area contributed by atoms with Crippen LogP contribution in [-0.4, -0.2) is 31.5 Å². The molecule has 2 heterocycles. The normalized spacial score (nSPS) is 13.4. The van der Waals surface area contributed by atoms with Gasteiger partial charge in [-0.1, -0.05) is 45.7 Å². The zero-order valence-corrected chi connectivity index (χ0v) is 23.9. The lowest BCUT2D eigenvalue weighted by Crippen LogP contribution is -2.22. The number of aromatic nitrogens is 4. The van der Waals surface area contributed by atoms with Gasteiger partial charge in [0.15, 0.2) is 16.6 Å². The highest BCUT2D eigenvalue weighted by Crippen LogP contribution is 2.39. The molecule has 2 aromatic heterocycles. The standard InChI is InChI=1S/C27H22Cl2F6N4O3/c1-13(41-25(2,3)4)23-19(22(40)17-7-5-6-8-18(17)28)20(37-42-23)21-24(29)39(38-36-21)12-14-9-15(26(30,31)32)11-16(10-14)27(33,34)35/h5-11,13H,12H2,1-4H3. The molecule has 0 fully saturated rings. The average molecular weight is 635 g/mol. The topological polar surface area (TPSA) is 83.0 Å². The summed E-state index contributed by atoms with van der Waals surface area (Å²) in [5.74, 6) is -0.599. The number of carbonyl (C=O) groups is 1. The number of rotatable bonds is 7. The van der Waals surface area contributed by atoms with Crippen molar-refractivity contribution in [2.24, 2.45) is 0 Å². The van der Waals surface area contributed by atoms with Gasteiger partial charge in [-0.05, 0) is 63.6 Å². The second-order valence-corrected chi connectivity index (χ2v) is 11.0. The summed E-state index contributed by atoms with van der Waals surface area (Å²) in [4.78, 5) is 13.7. The Morgan fingerprint density at radius 3 is 2.12 bits per heavy atom. The van der Waals surface area contributed by atoms with Gasteiger partial charge in [0.05, 0.1) is 33.9 Å². The molecular weight excluding hydrogens is 613 g/mol. The van der Waals surface area contributed by atoms with E-state index in [9.17, 15) is 31.1 Å². The van der Waals surface area contributed by atoms with Gasteiger partial charge in [-0.3, -0.25) is 4.79 Å². The van der Waals surface area contributed by atoms with Gasteiger partial charge in [0, 0.05) is 5.56 Å². The molecule has 0 bridgehead atoms. The molecule has 2 aromatic carbocycles. The number of halogens is 8. The van der Waals surface area contributed by atoms with Gasteiger partial charge >= 0.3 is 12.4 Å². The summed E-state index contributed by atoms with van der Waals surface area (Å²) in [6.45, 7) is 6.38. The van der Waals surface area contributed by atoms with E-state index in [4.69, 9.17) is 32.5 Å². The maximum atomic E-state index is 13.7. The molecule has 0 saturated heterocycles. The lowest BCUT2D eigenvalue weighted by atomic mass is 9.98. The molecule has 0 aliphatic heterocycles. The summed E-state index contributed by atoms with van der Waals surface area (Å²) >= 11 is 12.7. The predicted molar refractivity (Wildman–Crippen MR) is 140 cm³/mol. The summed E-state index contributed by atoms with van der Waals surface area (Å²) < 4.78 is 92.4. The van der Waals surface area contributed by atoms with E-state index in [1.165, 1.54) is 12.1 Å². The van der Waals surface area contributed by atoms with Crippen molar-refractivity contribution in [3.8, 4) is 11.4 Å². The molecule has 0 radical (unpaired) electrons. The summed E-state index contributed by atoms with van der Waals surface area (Å²) in [6, 6.07) is 7.32. The highest BCUT2D eigenvalue weighted by molar-refractivity contribution is 6.35. The van der Waals surface area contributed by atoms with Crippen LogP contribution in [0.2, 0.25) is 10.2 Å². The highest BCUT2D eigenvalue weighted by atomic mass is 35.5. The van der Waals surface area contributed by atoms with Crippen molar-refractivity contribution in [1.29, 1.82) is 0 Å². The Morgan fingerprint density at radius 2 is 1.57 bits per heavy atom. The van der Waals surface area contributed by atoms with Crippen molar-refractivity contribution in [1.82, 2.24) is 20.2 Å². The van der Waals surface area contributed by atoms with Crippen molar-refractivity contribution < 1.29 is 40.4 Å². The van der Waals surface area contributed by atoms with Crippen LogP contribution in [0.5, 0.6) is 0 Å². The number of hydrogen-bond acceptors (Lipinski definition) is 6. The zero-order chi connectivity index (χ0) is 31.2. The van der Waals surface area contributed by atoms with Crippen LogP contribution in [0, 0.1) is 0 Å². The molecule has 1 atom stereocenters. The maximum Gasteiger partial charge on any atom is 0.416 e. The number of alkyl halides is 6. The van der Waals surface area contributed by atoms with Crippen molar-refractivity contribution >= 4 is 29.0 Å². The third-order valence-corrected chi connectivity index (χ3v) is 6.55. The predicted octanol–water partition coefficient (Wildman–Crippen LogP) is 8.43. The van der Waals surface area contributed by atoms with E-state index in [2.05, 4.69) is 15.5 Å². The highest BCUT2D eigenvalue weighted by Gasteiger charge is 2.37. The van der Waals surface area contributed by atoms with Crippen molar-refractivity contribution in [3.05, 3.63) is 86.2 Å². The molecular formula is C27H22Cl2F6N4O3. The number of benzene rings is 2. The number of carbonyl (C=O) groups excluding carboxylic acids is 1. The lowest BCUT2D eigenvalue weighted by molar-refractivity contribution is -0.143. The van der Waals surface area contributed by atoms with Gasteiger partial charge in [0.2, 0.25) is 5.78 Å². The zero-order valence-electron chi connectivity index (χ0n) is 22.4.